The Labute approximate surface area is 179 Å². The van der Waals surface area contributed by atoms with Gasteiger partial charge in [-0.1, -0.05) is 54.6 Å². The lowest BCUT2D eigenvalue weighted by atomic mass is 10.0. The predicted molar refractivity (Wildman–Crippen MR) is 123 cm³/mol. The third kappa shape index (κ3) is 4.82. The maximum atomic E-state index is 13.4. The Bertz CT molecular complexity index is 986. The molecular formula is C26H30N2O2. The van der Waals surface area contributed by atoms with Gasteiger partial charge in [0, 0.05) is 39.5 Å². The Morgan fingerprint density at radius 2 is 1.77 bits per heavy atom. The van der Waals surface area contributed by atoms with Crippen molar-refractivity contribution in [3.8, 4) is 0 Å². The van der Waals surface area contributed by atoms with E-state index in [2.05, 4.69) is 53.4 Å². The lowest BCUT2D eigenvalue weighted by molar-refractivity contribution is -0.132. The fraction of sp³-hybridized carbons (Fsp3) is 0.346. The standard InChI is InChI=1S/C26H30N2O2/c1-27(2)23-14-12-20(13-15-23)18-28(19-24-10-6-16-30-24)26(29)17-22-9-5-8-21-7-3-4-11-25(21)22/h3-5,7-9,11-15,24H,6,10,16-19H2,1-2H3/t24-/m1/s1. The van der Waals surface area contributed by atoms with Crippen molar-refractivity contribution in [3.05, 3.63) is 77.9 Å². The molecule has 0 aromatic heterocycles. The highest BCUT2D eigenvalue weighted by Gasteiger charge is 2.23. The Morgan fingerprint density at radius 1 is 1.00 bits per heavy atom. The molecule has 0 radical (unpaired) electrons. The van der Waals surface area contributed by atoms with Crippen LogP contribution < -0.4 is 4.90 Å². The Kier molecular flexibility index (Phi) is 6.34. The Balaban J connectivity index is 1.54. The van der Waals surface area contributed by atoms with E-state index in [0.717, 1.165) is 41.6 Å². The van der Waals surface area contributed by atoms with Crippen molar-refractivity contribution in [2.45, 2.75) is 31.9 Å². The second-order valence-electron chi connectivity index (χ2n) is 8.29. The van der Waals surface area contributed by atoms with Crippen LogP contribution in [0, 0.1) is 0 Å². The van der Waals surface area contributed by atoms with Crippen LogP contribution in [0.3, 0.4) is 0 Å². The van der Waals surface area contributed by atoms with Crippen LogP contribution in [-0.4, -0.2) is 44.2 Å². The van der Waals surface area contributed by atoms with E-state index in [4.69, 9.17) is 4.74 Å². The quantitative estimate of drug-likeness (QED) is 0.576. The summed E-state index contributed by atoms with van der Waals surface area (Å²) in [5.41, 5.74) is 3.38. The first-order chi connectivity index (χ1) is 14.6. The van der Waals surface area contributed by atoms with Crippen LogP contribution in [0.15, 0.2) is 66.7 Å². The second-order valence-corrected chi connectivity index (χ2v) is 8.29. The normalized spacial score (nSPS) is 16.0. The maximum Gasteiger partial charge on any atom is 0.227 e. The van der Waals surface area contributed by atoms with Gasteiger partial charge in [-0.25, -0.2) is 0 Å². The van der Waals surface area contributed by atoms with Crippen LogP contribution in [0.25, 0.3) is 10.8 Å². The van der Waals surface area contributed by atoms with Crippen molar-refractivity contribution in [2.24, 2.45) is 0 Å². The molecule has 3 aromatic rings. The fourth-order valence-corrected chi connectivity index (χ4v) is 4.13. The summed E-state index contributed by atoms with van der Waals surface area (Å²) in [4.78, 5) is 17.4. The number of anilines is 1. The molecule has 3 aromatic carbocycles. The number of fused-ring (bicyclic) bond motifs is 1. The van der Waals surface area contributed by atoms with Crippen molar-refractivity contribution in [1.82, 2.24) is 4.90 Å². The van der Waals surface area contributed by atoms with Gasteiger partial charge in [-0.3, -0.25) is 4.79 Å². The lowest BCUT2D eigenvalue weighted by Crippen LogP contribution is -2.37. The average molecular weight is 403 g/mol. The zero-order valence-electron chi connectivity index (χ0n) is 17.9. The molecule has 4 nitrogen and oxygen atoms in total. The molecular weight excluding hydrogens is 372 g/mol. The molecule has 4 heteroatoms. The predicted octanol–water partition coefficient (Wildman–Crippen LogP) is 4.66. The van der Waals surface area contributed by atoms with Crippen molar-refractivity contribution in [2.75, 3.05) is 32.1 Å². The van der Waals surface area contributed by atoms with Crippen LogP contribution in [0.2, 0.25) is 0 Å². The van der Waals surface area contributed by atoms with Gasteiger partial charge in [0.2, 0.25) is 5.91 Å². The summed E-state index contributed by atoms with van der Waals surface area (Å²) in [6.45, 7) is 2.06. The van der Waals surface area contributed by atoms with Gasteiger partial charge in [0.15, 0.2) is 0 Å². The summed E-state index contributed by atoms with van der Waals surface area (Å²) in [6.07, 6.45) is 2.65. The third-order valence-electron chi connectivity index (χ3n) is 5.85. The summed E-state index contributed by atoms with van der Waals surface area (Å²) in [5.74, 6) is 0.151. The molecule has 0 saturated carbocycles. The Morgan fingerprint density at radius 3 is 2.50 bits per heavy atom. The molecule has 1 aliphatic heterocycles. The largest absolute Gasteiger partial charge is 0.378 e. The van der Waals surface area contributed by atoms with Gasteiger partial charge in [-0.05, 0) is 46.9 Å². The molecule has 4 rings (SSSR count). The van der Waals surface area contributed by atoms with Gasteiger partial charge in [-0.2, -0.15) is 0 Å². The van der Waals surface area contributed by atoms with E-state index in [1.807, 2.05) is 37.2 Å². The van der Waals surface area contributed by atoms with Crippen molar-refractivity contribution in [1.29, 1.82) is 0 Å². The number of carbonyl (C=O) groups is 1. The number of rotatable bonds is 7. The minimum absolute atomic E-state index is 0.141. The first-order valence-electron chi connectivity index (χ1n) is 10.7. The van der Waals surface area contributed by atoms with Crippen LogP contribution in [0.1, 0.15) is 24.0 Å². The Hall–Kier alpha value is -2.85. The zero-order valence-corrected chi connectivity index (χ0v) is 17.9. The molecule has 1 aliphatic rings. The molecule has 30 heavy (non-hydrogen) atoms. The molecule has 0 unspecified atom stereocenters. The molecule has 1 saturated heterocycles. The summed E-state index contributed by atoms with van der Waals surface area (Å²) in [6, 6.07) is 22.9. The van der Waals surface area contributed by atoms with Gasteiger partial charge in [0.05, 0.1) is 12.5 Å². The molecule has 0 aliphatic carbocycles. The molecule has 1 atom stereocenters. The molecule has 1 amide bonds. The van der Waals surface area contributed by atoms with Crippen LogP contribution in [0.5, 0.6) is 0 Å². The summed E-state index contributed by atoms with van der Waals surface area (Å²) in [5, 5.41) is 2.33. The average Bonchev–Trinajstić information content (AvgIpc) is 3.27. The minimum atomic E-state index is 0.141. The monoisotopic (exact) mass is 402 g/mol. The number of hydrogen-bond acceptors (Lipinski definition) is 3. The van der Waals surface area contributed by atoms with Crippen LogP contribution >= 0.6 is 0 Å². The molecule has 0 N–H and O–H groups in total. The maximum absolute atomic E-state index is 13.4. The summed E-state index contributed by atoms with van der Waals surface area (Å²) < 4.78 is 5.84. The molecule has 0 bridgehead atoms. The fourth-order valence-electron chi connectivity index (χ4n) is 4.13. The lowest BCUT2D eigenvalue weighted by Gasteiger charge is -2.26. The van der Waals surface area contributed by atoms with E-state index in [1.165, 1.54) is 5.39 Å². The number of ether oxygens (including phenoxy) is 1. The molecule has 0 spiro atoms. The summed E-state index contributed by atoms with van der Waals surface area (Å²) >= 11 is 0. The van der Waals surface area contributed by atoms with E-state index in [-0.39, 0.29) is 12.0 Å². The second kappa shape index (κ2) is 9.31. The van der Waals surface area contributed by atoms with Crippen LogP contribution in [0.4, 0.5) is 5.69 Å². The molecule has 1 fully saturated rings. The van der Waals surface area contributed by atoms with E-state index >= 15 is 0 Å². The van der Waals surface area contributed by atoms with Crippen molar-refractivity contribution < 1.29 is 9.53 Å². The molecule has 156 valence electrons. The van der Waals surface area contributed by atoms with E-state index < -0.39 is 0 Å². The number of amides is 1. The van der Waals surface area contributed by atoms with E-state index in [0.29, 0.717) is 19.5 Å². The first kappa shape index (κ1) is 20.4. The van der Waals surface area contributed by atoms with Gasteiger partial charge >= 0.3 is 0 Å². The van der Waals surface area contributed by atoms with Gasteiger partial charge < -0.3 is 14.5 Å². The van der Waals surface area contributed by atoms with Crippen molar-refractivity contribution >= 4 is 22.4 Å². The highest BCUT2D eigenvalue weighted by molar-refractivity contribution is 5.90. The topological polar surface area (TPSA) is 32.8 Å². The van der Waals surface area contributed by atoms with Gasteiger partial charge in [0.1, 0.15) is 0 Å². The highest BCUT2D eigenvalue weighted by Crippen LogP contribution is 2.22. The smallest absolute Gasteiger partial charge is 0.227 e. The highest BCUT2D eigenvalue weighted by atomic mass is 16.5. The van der Waals surface area contributed by atoms with Gasteiger partial charge in [-0.15, -0.1) is 0 Å². The number of benzene rings is 3. The zero-order chi connectivity index (χ0) is 20.9. The first-order valence-corrected chi connectivity index (χ1v) is 10.7. The number of hydrogen-bond donors (Lipinski definition) is 0. The van der Waals surface area contributed by atoms with Crippen molar-refractivity contribution in [3.63, 3.8) is 0 Å². The SMILES string of the molecule is CN(C)c1ccc(CN(C[C@H]2CCCO2)C(=O)Cc2cccc3ccccc23)cc1. The van der Waals surface area contributed by atoms with E-state index in [1.54, 1.807) is 0 Å². The summed E-state index contributed by atoms with van der Waals surface area (Å²) in [7, 11) is 4.07. The number of carbonyl (C=O) groups excluding carboxylic acids is 1. The minimum Gasteiger partial charge on any atom is -0.378 e. The van der Waals surface area contributed by atoms with E-state index in [9.17, 15) is 4.79 Å². The van der Waals surface area contributed by atoms with Gasteiger partial charge in [0.25, 0.3) is 0 Å². The molecule has 1 heterocycles. The third-order valence-corrected chi connectivity index (χ3v) is 5.85. The number of nitrogens with zero attached hydrogens (tertiary/aromatic N) is 2. The van der Waals surface area contributed by atoms with Crippen LogP contribution in [-0.2, 0) is 22.5 Å².